The Morgan fingerprint density at radius 2 is 2.21 bits per heavy atom. The number of aromatic nitrogens is 4. The number of aliphatic hydroxyl groups is 1. The Labute approximate surface area is 140 Å². The molecule has 126 valence electrons. The average molecular weight is 326 g/mol. The molecule has 1 atom stereocenters. The molecule has 4 fully saturated rings. The predicted octanol–water partition coefficient (Wildman–Crippen LogP) is 2.17. The molecule has 2 aliphatic carbocycles. The van der Waals surface area contributed by atoms with Crippen molar-refractivity contribution in [2.24, 2.45) is 5.41 Å². The largest absolute Gasteiger partial charge is 0.393 e. The van der Waals surface area contributed by atoms with Gasteiger partial charge in [-0.15, -0.1) is 0 Å². The molecule has 7 nitrogen and oxygen atoms in total. The van der Waals surface area contributed by atoms with Crippen molar-refractivity contribution in [1.82, 2.24) is 20.2 Å². The van der Waals surface area contributed by atoms with Crippen molar-refractivity contribution in [2.45, 2.75) is 50.7 Å². The van der Waals surface area contributed by atoms with Gasteiger partial charge in [0.25, 0.3) is 0 Å². The molecule has 2 aromatic heterocycles. The van der Waals surface area contributed by atoms with Crippen molar-refractivity contribution in [3.8, 4) is 0 Å². The first kappa shape index (κ1) is 14.2. The molecule has 2 aromatic rings. The number of rotatable bonds is 5. The Balaban J connectivity index is 1.33. The van der Waals surface area contributed by atoms with Crippen molar-refractivity contribution in [2.75, 3.05) is 16.8 Å². The third kappa shape index (κ3) is 2.18. The number of aromatic amines is 1. The summed E-state index contributed by atoms with van der Waals surface area (Å²) in [4.78, 5) is 11.3. The molecular weight excluding hydrogens is 304 g/mol. The SMILES string of the molecule is CC(O)C12CC(C1)N(c1nccc(Nc3cc(C4CC4)[nH]n3)n1)C2. The van der Waals surface area contributed by atoms with E-state index >= 15 is 0 Å². The molecule has 24 heavy (non-hydrogen) atoms. The van der Waals surface area contributed by atoms with Crippen LogP contribution in [0, 0.1) is 5.41 Å². The van der Waals surface area contributed by atoms with E-state index in [9.17, 15) is 5.11 Å². The van der Waals surface area contributed by atoms with Gasteiger partial charge < -0.3 is 15.3 Å². The van der Waals surface area contributed by atoms with Crippen molar-refractivity contribution < 1.29 is 5.11 Å². The van der Waals surface area contributed by atoms with Gasteiger partial charge in [0.1, 0.15) is 5.82 Å². The number of nitrogens with one attached hydrogen (secondary N) is 2. The van der Waals surface area contributed by atoms with E-state index in [1.165, 1.54) is 18.5 Å². The molecule has 1 unspecified atom stereocenters. The minimum Gasteiger partial charge on any atom is -0.393 e. The molecule has 2 aliphatic heterocycles. The second kappa shape index (κ2) is 4.92. The zero-order chi connectivity index (χ0) is 16.3. The highest BCUT2D eigenvalue weighted by atomic mass is 16.3. The Kier molecular flexibility index (Phi) is 2.92. The zero-order valence-electron chi connectivity index (χ0n) is 13.7. The Morgan fingerprint density at radius 3 is 2.92 bits per heavy atom. The maximum atomic E-state index is 10.0. The van der Waals surface area contributed by atoms with Crippen LogP contribution in [0.1, 0.15) is 44.2 Å². The van der Waals surface area contributed by atoms with Gasteiger partial charge in [0.05, 0.1) is 6.10 Å². The molecule has 2 bridgehead atoms. The average Bonchev–Trinajstić information content (AvgIpc) is 3.01. The van der Waals surface area contributed by atoms with E-state index in [1.54, 1.807) is 6.20 Å². The van der Waals surface area contributed by atoms with Gasteiger partial charge in [-0.05, 0) is 38.7 Å². The molecule has 0 aromatic carbocycles. The van der Waals surface area contributed by atoms with Gasteiger partial charge in [0.15, 0.2) is 5.82 Å². The predicted molar refractivity (Wildman–Crippen MR) is 90.4 cm³/mol. The van der Waals surface area contributed by atoms with Crippen LogP contribution < -0.4 is 10.2 Å². The van der Waals surface area contributed by atoms with Gasteiger partial charge in [0.2, 0.25) is 5.95 Å². The Hall–Kier alpha value is -2.15. The van der Waals surface area contributed by atoms with Crippen molar-refractivity contribution in [1.29, 1.82) is 0 Å². The highest BCUT2D eigenvalue weighted by Crippen LogP contribution is 2.54. The second-order valence-electron chi connectivity index (χ2n) is 7.58. The lowest BCUT2D eigenvalue weighted by Gasteiger charge is -2.39. The highest BCUT2D eigenvalue weighted by molar-refractivity contribution is 5.54. The molecule has 7 heteroatoms. The third-order valence-corrected chi connectivity index (χ3v) is 5.87. The Morgan fingerprint density at radius 1 is 1.38 bits per heavy atom. The minimum absolute atomic E-state index is 0.0405. The van der Waals surface area contributed by atoms with Crippen LogP contribution in [-0.2, 0) is 0 Å². The third-order valence-electron chi connectivity index (χ3n) is 5.87. The van der Waals surface area contributed by atoms with Gasteiger partial charge in [-0.2, -0.15) is 10.1 Å². The fourth-order valence-corrected chi connectivity index (χ4v) is 4.10. The number of H-pyrrole nitrogens is 1. The molecule has 2 saturated heterocycles. The Bertz CT molecular complexity index is 762. The summed E-state index contributed by atoms with van der Waals surface area (Å²) in [5.41, 5.74) is 1.24. The smallest absolute Gasteiger partial charge is 0.227 e. The molecule has 6 rings (SSSR count). The summed E-state index contributed by atoms with van der Waals surface area (Å²) in [5, 5.41) is 20.7. The zero-order valence-corrected chi connectivity index (χ0v) is 13.7. The van der Waals surface area contributed by atoms with E-state index in [0.717, 1.165) is 37.0 Å². The minimum atomic E-state index is -0.273. The van der Waals surface area contributed by atoms with Crippen molar-refractivity contribution in [3.63, 3.8) is 0 Å². The quantitative estimate of drug-likeness (QED) is 0.780. The van der Waals surface area contributed by atoms with Crippen LogP contribution in [0.5, 0.6) is 0 Å². The summed E-state index contributed by atoms with van der Waals surface area (Å²) in [6.07, 6.45) is 6.08. The van der Waals surface area contributed by atoms with Gasteiger partial charge >= 0.3 is 0 Å². The summed E-state index contributed by atoms with van der Waals surface area (Å²) in [5.74, 6) is 2.95. The lowest BCUT2D eigenvalue weighted by atomic mass is 9.67. The van der Waals surface area contributed by atoms with Gasteiger partial charge in [-0.3, -0.25) is 5.10 Å². The fraction of sp³-hybridized carbons (Fsp3) is 0.588. The standard InChI is InChI=1S/C17H22N6O/c1-10(24)17-7-12(8-17)23(9-17)16-18-5-4-14(20-16)19-15-6-13(21-22-15)11-2-3-11/h4-6,10-12,24H,2-3,7-9H2,1H3,(H2,18,19,20,21,22). The van der Waals surface area contributed by atoms with Crippen molar-refractivity contribution in [3.05, 3.63) is 24.0 Å². The van der Waals surface area contributed by atoms with Crippen LogP contribution in [0.15, 0.2) is 18.3 Å². The number of hydrogen-bond donors (Lipinski definition) is 3. The number of fused-ring (bicyclic) bond motifs is 1. The molecule has 0 amide bonds. The van der Waals surface area contributed by atoms with Crippen LogP contribution in [0.2, 0.25) is 0 Å². The summed E-state index contributed by atoms with van der Waals surface area (Å²) in [6.45, 7) is 2.74. The fourth-order valence-electron chi connectivity index (χ4n) is 4.10. The van der Waals surface area contributed by atoms with E-state index in [1.807, 2.05) is 13.0 Å². The normalized spacial score (nSPS) is 29.4. The van der Waals surface area contributed by atoms with Gasteiger partial charge in [-0.25, -0.2) is 4.98 Å². The monoisotopic (exact) mass is 326 g/mol. The number of anilines is 3. The van der Waals surface area contributed by atoms with Crippen molar-refractivity contribution >= 4 is 17.6 Å². The lowest BCUT2D eigenvalue weighted by molar-refractivity contribution is 0.0117. The number of hydrogen-bond acceptors (Lipinski definition) is 6. The molecule has 4 aliphatic rings. The second-order valence-corrected chi connectivity index (χ2v) is 7.58. The maximum Gasteiger partial charge on any atom is 0.227 e. The van der Waals surface area contributed by atoms with Gasteiger partial charge in [0, 0.05) is 41.9 Å². The van der Waals surface area contributed by atoms with Crippen LogP contribution in [0.25, 0.3) is 0 Å². The molecule has 4 heterocycles. The van der Waals surface area contributed by atoms with E-state index in [0.29, 0.717) is 12.0 Å². The lowest BCUT2D eigenvalue weighted by Crippen LogP contribution is -2.42. The van der Waals surface area contributed by atoms with Crippen LogP contribution in [0.3, 0.4) is 0 Å². The highest BCUT2D eigenvalue weighted by Gasteiger charge is 2.58. The molecular formula is C17H22N6O. The topological polar surface area (TPSA) is 90.0 Å². The van der Waals surface area contributed by atoms with E-state index in [4.69, 9.17) is 0 Å². The van der Waals surface area contributed by atoms with Crippen LogP contribution >= 0.6 is 0 Å². The van der Waals surface area contributed by atoms with E-state index < -0.39 is 0 Å². The van der Waals surface area contributed by atoms with Crippen LogP contribution in [-0.4, -0.2) is 44.0 Å². The van der Waals surface area contributed by atoms with Crippen LogP contribution in [0.4, 0.5) is 17.6 Å². The first-order valence-electron chi connectivity index (χ1n) is 8.73. The summed E-state index contributed by atoms with van der Waals surface area (Å²) in [7, 11) is 0. The first-order chi connectivity index (χ1) is 11.6. The molecule has 0 spiro atoms. The molecule has 3 N–H and O–H groups in total. The molecule has 2 saturated carbocycles. The van der Waals surface area contributed by atoms with E-state index in [2.05, 4.69) is 36.4 Å². The summed E-state index contributed by atoms with van der Waals surface area (Å²) >= 11 is 0. The number of nitrogens with zero attached hydrogens (tertiary/aromatic N) is 4. The number of aliphatic hydroxyl groups excluding tert-OH is 1. The maximum absolute atomic E-state index is 10.0. The first-order valence-corrected chi connectivity index (χ1v) is 8.73. The van der Waals surface area contributed by atoms with Gasteiger partial charge in [-0.1, -0.05) is 0 Å². The van der Waals surface area contributed by atoms with E-state index in [-0.39, 0.29) is 11.5 Å². The summed E-state index contributed by atoms with van der Waals surface area (Å²) in [6, 6.07) is 4.39. The molecule has 0 radical (unpaired) electrons. The summed E-state index contributed by atoms with van der Waals surface area (Å²) < 4.78 is 0.